The van der Waals surface area contributed by atoms with Gasteiger partial charge < -0.3 is 14.8 Å². The monoisotopic (exact) mass is 543 g/mol. The van der Waals surface area contributed by atoms with Crippen molar-refractivity contribution < 1.29 is 42.2 Å². The number of anilines is 2. The summed E-state index contributed by atoms with van der Waals surface area (Å²) in [6.07, 6.45) is -5.75. The van der Waals surface area contributed by atoms with Gasteiger partial charge in [-0.3, -0.25) is 25.8 Å². The van der Waals surface area contributed by atoms with Crippen molar-refractivity contribution >= 4 is 46.4 Å². The molecule has 0 aliphatic heterocycles. The summed E-state index contributed by atoms with van der Waals surface area (Å²) in [6, 6.07) is 20.6. The van der Waals surface area contributed by atoms with Gasteiger partial charge in [0.2, 0.25) is 5.95 Å². The van der Waals surface area contributed by atoms with Crippen molar-refractivity contribution in [1.82, 2.24) is 15.4 Å². The SMILES string of the molecule is COC(=O)Nc1nc2ccc(C(=O)c3ccccc3C(=O)NNc3ccccc3)cc2[nH]1.O=C(O)C(F)(F)F. The van der Waals surface area contributed by atoms with Gasteiger partial charge in [0, 0.05) is 11.1 Å². The number of nitrogens with one attached hydrogen (secondary N) is 4. The molecule has 39 heavy (non-hydrogen) atoms. The van der Waals surface area contributed by atoms with Crippen LogP contribution in [0.15, 0.2) is 72.8 Å². The van der Waals surface area contributed by atoms with E-state index in [9.17, 15) is 27.6 Å². The number of aromatic amines is 1. The number of hydrazine groups is 1. The van der Waals surface area contributed by atoms with Gasteiger partial charge >= 0.3 is 18.2 Å². The molecule has 0 aliphatic carbocycles. The third-order valence-corrected chi connectivity index (χ3v) is 4.90. The summed E-state index contributed by atoms with van der Waals surface area (Å²) in [4.78, 5) is 53.3. The maximum Gasteiger partial charge on any atom is 0.490 e. The van der Waals surface area contributed by atoms with Crippen LogP contribution in [0.1, 0.15) is 26.3 Å². The van der Waals surface area contributed by atoms with Gasteiger partial charge in [0.05, 0.1) is 29.4 Å². The number of halogens is 3. The van der Waals surface area contributed by atoms with Crippen molar-refractivity contribution in [3.63, 3.8) is 0 Å². The number of para-hydroxylation sites is 1. The molecule has 0 saturated heterocycles. The summed E-state index contributed by atoms with van der Waals surface area (Å²) >= 11 is 0. The van der Waals surface area contributed by atoms with E-state index in [0.717, 1.165) is 0 Å². The first-order chi connectivity index (χ1) is 18.5. The minimum atomic E-state index is -5.08. The van der Waals surface area contributed by atoms with E-state index in [4.69, 9.17) is 9.90 Å². The third kappa shape index (κ3) is 7.55. The lowest BCUT2D eigenvalue weighted by atomic mass is 9.97. The molecular formula is C25H20F3N5O6. The molecule has 3 aromatic carbocycles. The molecule has 0 aliphatic rings. The summed E-state index contributed by atoms with van der Waals surface area (Å²) in [5, 5.41) is 9.57. The Labute approximate surface area is 218 Å². The highest BCUT2D eigenvalue weighted by Crippen LogP contribution is 2.20. The van der Waals surface area contributed by atoms with Crippen molar-refractivity contribution in [2.75, 3.05) is 17.9 Å². The number of imidazole rings is 1. The van der Waals surface area contributed by atoms with Crippen LogP contribution in [-0.2, 0) is 9.53 Å². The smallest absolute Gasteiger partial charge is 0.475 e. The zero-order valence-corrected chi connectivity index (χ0v) is 20.0. The molecule has 2 amide bonds. The number of nitrogens with zero attached hydrogens (tertiary/aromatic N) is 1. The zero-order chi connectivity index (χ0) is 28.6. The molecule has 4 aromatic rings. The van der Waals surface area contributed by atoms with Crippen LogP contribution in [0.5, 0.6) is 0 Å². The summed E-state index contributed by atoms with van der Waals surface area (Å²) < 4.78 is 36.3. The van der Waals surface area contributed by atoms with Gasteiger partial charge in [0.1, 0.15) is 0 Å². The van der Waals surface area contributed by atoms with E-state index in [-0.39, 0.29) is 22.9 Å². The Morgan fingerprint density at radius 1 is 0.923 bits per heavy atom. The van der Waals surface area contributed by atoms with Gasteiger partial charge in [-0.2, -0.15) is 13.2 Å². The predicted octanol–water partition coefficient (Wildman–Crippen LogP) is 4.36. The number of alkyl halides is 3. The van der Waals surface area contributed by atoms with E-state index >= 15 is 0 Å². The molecule has 0 saturated carbocycles. The number of H-pyrrole nitrogens is 1. The van der Waals surface area contributed by atoms with Crippen molar-refractivity contribution in [2.24, 2.45) is 0 Å². The fraction of sp³-hybridized carbons (Fsp3) is 0.0800. The number of fused-ring (bicyclic) bond motifs is 1. The van der Waals surface area contributed by atoms with Crippen molar-refractivity contribution in [1.29, 1.82) is 0 Å². The number of benzene rings is 3. The number of amides is 2. The Kier molecular flexibility index (Phi) is 8.83. The van der Waals surface area contributed by atoms with Crippen molar-refractivity contribution in [3.05, 3.63) is 89.5 Å². The molecular weight excluding hydrogens is 523 g/mol. The molecule has 0 unspecified atom stereocenters. The topological polar surface area (TPSA) is 163 Å². The molecule has 1 aromatic heterocycles. The van der Waals surface area contributed by atoms with Crippen molar-refractivity contribution in [2.45, 2.75) is 6.18 Å². The zero-order valence-electron chi connectivity index (χ0n) is 20.0. The molecule has 4 rings (SSSR count). The first kappa shape index (κ1) is 28.2. The number of carbonyl (C=O) groups is 4. The second kappa shape index (κ2) is 12.2. The molecule has 0 atom stereocenters. The number of carboxylic acids is 1. The van der Waals surface area contributed by atoms with Crippen LogP contribution >= 0.6 is 0 Å². The number of carbonyl (C=O) groups excluding carboxylic acids is 3. The van der Waals surface area contributed by atoms with Crippen LogP contribution in [-0.4, -0.2) is 52.1 Å². The Morgan fingerprint density at radius 2 is 1.54 bits per heavy atom. The first-order valence-electron chi connectivity index (χ1n) is 10.9. The van der Waals surface area contributed by atoms with Crippen LogP contribution in [0, 0.1) is 0 Å². The van der Waals surface area contributed by atoms with E-state index in [1.807, 2.05) is 18.2 Å². The van der Waals surface area contributed by atoms with Crippen LogP contribution < -0.4 is 16.2 Å². The lowest BCUT2D eigenvalue weighted by Crippen LogP contribution is -2.30. The number of hydrogen-bond acceptors (Lipinski definition) is 7. The third-order valence-electron chi connectivity index (χ3n) is 4.90. The predicted molar refractivity (Wildman–Crippen MR) is 133 cm³/mol. The maximum atomic E-state index is 13.2. The highest BCUT2D eigenvalue weighted by molar-refractivity contribution is 6.16. The summed E-state index contributed by atoms with van der Waals surface area (Å²) in [6.45, 7) is 0. The molecule has 14 heteroatoms. The van der Waals surface area contributed by atoms with Gasteiger partial charge in [0.25, 0.3) is 5.91 Å². The lowest BCUT2D eigenvalue weighted by molar-refractivity contribution is -0.192. The van der Waals surface area contributed by atoms with Gasteiger partial charge in [-0.05, 0) is 36.4 Å². The number of carboxylic acid groups (broad SMARTS) is 1. The van der Waals surface area contributed by atoms with Crippen LogP contribution in [0.4, 0.5) is 29.6 Å². The highest BCUT2D eigenvalue weighted by atomic mass is 19.4. The summed E-state index contributed by atoms with van der Waals surface area (Å²) in [5.41, 5.74) is 8.12. The van der Waals surface area contributed by atoms with Crippen LogP contribution in [0.25, 0.3) is 11.0 Å². The van der Waals surface area contributed by atoms with E-state index in [1.54, 1.807) is 54.6 Å². The maximum absolute atomic E-state index is 13.2. The van der Waals surface area contributed by atoms with E-state index < -0.39 is 24.1 Å². The Balaban J connectivity index is 0.000000532. The summed E-state index contributed by atoms with van der Waals surface area (Å²) in [7, 11) is 1.25. The van der Waals surface area contributed by atoms with Gasteiger partial charge in [0.15, 0.2) is 5.78 Å². The molecule has 0 fully saturated rings. The standard InChI is InChI=1S/C23H19N5O4.C2HF3O2/c1-32-23(31)26-22-24-18-12-11-14(13-19(18)25-22)20(29)16-9-5-6-10-17(16)21(30)28-27-15-7-3-2-4-8-15;3-2(4,5)1(6)7/h2-13,27H,1H3,(H,28,30)(H2,24,25,26,31);(H,6,7). The largest absolute Gasteiger partial charge is 0.490 e. The molecule has 5 N–H and O–H groups in total. The van der Waals surface area contributed by atoms with Gasteiger partial charge in [-0.25, -0.2) is 14.6 Å². The fourth-order valence-corrected chi connectivity index (χ4v) is 3.11. The van der Waals surface area contributed by atoms with Crippen LogP contribution in [0.3, 0.4) is 0 Å². The van der Waals surface area contributed by atoms with Crippen LogP contribution in [0.2, 0.25) is 0 Å². The molecule has 11 nitrogen and oxygen atoms in total. The number of methoxy groups -OCH3 is 1. The molecule has 202 valence electrons. The summed E-state index contributed by atoms with van der Waals surface area (Å²) in [5.74, 6) is -3.32. The van der Waals surface area contributed by atoms with E-state index in [0.29, 0.717) is 22.3 Å². The minimum Gasteiger partial charge on any atom is -0.475 e. The molecule has 0 bridgehead atoms. The average molecular weight is 543 g/mol. The number of aromatic nitrogens is 2. The highest BCUT2D eigenvalue weighted by Gasteiger charge is 2.38. The number of ketones is 1. The molecule has 1 heterocycles. The molecule has 0 radical (unpaired) electrons. The van der Waals surface area contributed by atoms with E-state index in [2.05, 4.69) is 30.9 Å². The Bertz CT molecular complexity index is 1510. The number of ether oxygens (including phenoxy) is 1. The number of aliphatic carboxylic acids is 1. The molecule has 0 spiro atoms. The minimum absolute atomic E-state index is 0.197. The fourth-order valence-electron chi connectivity index (χ4n) is 3.11. The average Bonchev–Trinajstić information content (AvgIpc) is 3.33. The second-order valence-corrected chi connectivity index (χ2v) is 7.56. The lowest BCUT2D eigenvalue weighted by Gasteiger charge is -2.11. The Morgan fingerprint density at radius 3 is 2.15 bits per heavy atom. The number of hydrogen-bond donors (Lipinski definition) is 5. The second-order valence-electron chi connectivity index (χ2n) is 7.56. The first-order valence-corrected chi connectivity index (χ1v) is 10.9. The van der Waals surface area contributed by atoms with E-state index in [1.165, 1.54) is 7.11 Å². The number of rotatable bonds is 6. The van der Waals surface area contributed by atoms with Gasteiger partial charge in [-0.1, -0.05) is 36.4 Å². The normalized spacial score (nSPS) is 10.6. The quantitative estimate of drug-likeness (QED) is 0.177. The van der Waals surface area contributed by atoms with Crippen molar-refractivity contribution in [3.8, 4) is 0 Å². The van der Waals surface area contributed by atoms with Gasteiger partial charge in [-0.15, -0.1) is 0 Å². The Hall–Kier alpha value is -5.40.